The highest BCUT2D eigenvalue weighted by atomic mass is 32.2. The van der Waals surface area contributed by atoms with E-state index in [1.807, 2.05) is 31.2 Å². The third kappa shape index (κ3) is 5.80. The summed E-state index contributed by atoms with van der Waals surface area (Å²) in [6, 6.07) is 12.0. The van der Waals surface area contributed by atoms with Crippen LogP contribution in [0.1, 0.15) is 26.3 Å². The zero-order valence-corrected chi connectivity index (χ0v) is 19.3. The Morgan fingerprint density at radius 3 is 2.61 bits per heavy atom. The molecule has 0 unspecified atom stereocenters. The predicted molar refractivity (Wildman–Crippen MR) is 121 cm³/mol. The Morgan fingerprint density at radius 2 is 1.94 bits per heavy atom. The minimum atomic E-state index is -3.70. The predicted octanol–water partition coefficient (Wildman–Crippen LogP) is 3.24. The van der Waals surface area contributed by atoms with E-state index in [0.29, 0.717) is 18.8 Å². The van der Waals surface area contributed by atoms with E-state index >= 15 is 0 Å². The van der Waals surface area contributed by atoms with Gasteiger partial charge in [0.25, 0.3) is 0 Å². The average Bonchev–Trinajstić information content (AvgIpc) is 2.73. The van der Waals surface area contributed by atoms with Crippen molar-refractivity contribution in [2.75, 3.05) is 17.7 Å². The Labute approximate surface area is 186 Å². The van der Waals surface area contributed by atoms with E-state index in [1.54, 1.807) is 19.9 Å². The molecule has 2 amide bonds. The summed E-state index contributed by atoms with van der Waals surface area (Å²) < 4.78 is 31.1. The van der Waals surface area contributed by atoms with Crippen LogP contribution in [0.15, 0.2) is 52.3 Å². The lowest BCUT2D eigenvalue weighted by Crippen LogP contribution is -2.32. The van der Waals surface area contributed by atoms with Crippen molar-refractivity contribution in [3.05, 3.63) is 48.0 Å². The lowest BCUT2D eigenvalue weighted by Gasteiger charge is -2.22. The summed E-state index contributed by atoms with van der Waals surface area (Å²) in [5.74, 6) is -0.792. The lowest BCUT2D eigenvalue weighted by atomic mass is 10.2. The summed E-state index contributed by atoms with van der Waals surface area (Å²) in [4.78, 5) is 25.2. The van der Waals surface area contributed by atoms with Crippen molar-refractivity contribution in [1.82, 2.24) is 5.32 Å². The van der Waals surface area contributed by atoms with Crippen LogP contribution in [0.4, 0.5) is 5.69 Å². The topological polar surface area (TPSA) is 102 Å². The van der Waals surface area contributed by atoms with Crippen LogP contribution in [-0.2, 0) is 26.0 Å². The van der Waals surface area contributed by atoms with Gasteiger partial charge in [0.2, 0.25) is 11.8 Å². The van der Waals surface area contributed by atoms with E-state index in [1.165, 1.54) is 23.9 Å². The number of amides is 2. The quantitative estimate of drug-likeness (QED) is 0.625. The standard InChI is InChI=1S/C22H26N2O5S2/c1-4-29-17-7-5-16(6-8-17)12-23-21(25)14(2)13-31(27,28)18-9-10-20-19(11-18)24-22(26)15(3)30-20/h5-11,14-15H,4,12-13H2,1-3H3,(H,23,25)(H,24,26)/t14-,15+/m0/s1. The number of sulfone groups is 1. The van der Waals surface area contributed by atoms with Crippen LogP contribution in [0.2, 0.25) is 0 Å². The van der Waals surface area contributed by atoms with Crippen LogP contribution in [0, 0.1) is 5.92 Å². The normalized spacial score (nSPS) is 16.7. The first-order valence-corrected chi connectivity index (χ1v) is 12.6. The number of hydrogen-bond donors (Lipinski definition) is 2. The molecule has 0 spiro atoms. The first kappa shape index (κ1) is 23.1. The molecule has 1 aliphatic heterocycles. The van der Waals surface area contributed by atoms with Crippen LogP contribution in [0.3, 0.4) is 0 Å². The van der Waals surface area contributed by atoms with Gasteiger partial charge in [0, 0.05) is 17.4 Å². The number of anilines is 1. The Morgan fingerprint density at radius 1 is 1.23 bits per heavy atom. The monoisotopic (exact) mass is 462 g/mol. The fourth-order valence-corrected chi connectivity index (χ4v) is 5.62. The number of thioether (sulfide) groups is 1. The molecule has 0 radical (unpaired) electrons. The number of benzene rings is 2. The molecule has 1 heterocycles. The van der Waals surface area contributed by atoms with Crippen molar-refractivity contribution in [2.45, 2.75) is 42.4 Å². The van der Waals surface area contributed by atoms with Gasteiger partial charge in [-0.15, -0.1) is 11.8 Å². The molecule has 0 fully saturated rings. The van der Waals surface area contributed by atoms with Crippen molar-refractivity contribution in [2.24, 2.45) is 5.92 Å². The maximum absolute atomic E-state index is 12.8. The third-order valence-electron chi connectivity index (χ3n) is 4.86. The van der Waals surface area contributed by atoms with Crippen molar-refractivity contribution in [1.29, 1.82) is 0 Å². The molecule has 31 heavy (non-hydrogen) atoms. The van der Waals surface area contributed by atoms with Gasteiger partial charge in [-0.1, -0.05) is 19.1 Å². The Bertz CT molecular complexity index is 1070. The molecule has 7 nitrogen and oxygen atoms in total. The van der Waals surface area contributed by atoms with Crippen LogP contribution < -0.4 is 15.4 Å². The second kappa shape index (κ2) is 9.74. The molecule has 0 aromatic heterocycles. The van der Waals surface area contributed by atoms with Gasteiger partial charge >= 0.3 is 0 Å². The van der Waals surface area contributed by atoms with Gasteiger partial charge in [-0.3, -0.25) is 9.59 Å². The molecule has 3 rings (SSSR count). The second-order valence-electron chi connectivity index (χ2n) is 7.38. The molecule has 2 atom stereocenters. The molecule has 2 aromatic rings. The summed E-state index contributed by atoms with van der Waals surface area (Å²) in [7, 11) is -3.70. The van der Waals surface area contributed by atoms with E-state index in [-0.39, 0.29) is 27.7 Å². The number of nitrogens with one attached hydrogen (secondary N) is 2. The second-order valence-corrected chi connectivity index (χ2v) is 10.8. The first-order chi connectivity index (χ1) is 14.7. The summed E-state index contributed by atoms with van der Waals surface area (Å²) in [6.07, 6.45) is 0. The molecule has 1 aliphatic rings. The number of hydrogen-bond acceptors (Lipinski definition) is 6. The fraction of sp³-hybridized carbons (Fsp3) is 0.364. The van der Waals surface area contributed by atoms with E-state index in [0.717, 1.165) is 16.2 Å². The van der Waals surface area contributed by atoms with Crippen molar-refractivity contribution < 1.29 is 22.7 Å². The summed E-state index contributed by atoms with van der Waals surface area (Å²) >= 11 is 1.39. The summed E-state index contributed by atoms with van der Waals surface area (Å²) in [6.45, 7) is 6.17. The number of fused-ring (bicyclic) bond motifs is 1. The highest BCUT2D eigenvalue weighted by molar-refractivity contribution is 8.01. The number of carbonyl (C=O) groups excluding carboxylic acids is 2. The van der Waals surface area contributed by atoms with E-state index in [9.17, 15) is 18.0 Å². The molecular formula is C22H26N2O5S2. The molecular weight excluding hydrogens is 436 g/mol. The minimum absolute atomic E-state index is 0.0906. The highest BCUT2D eigenvalue weighted by Gasteiger charge is 2.27. The Kier molecular flexibility index (Phi) is 7.27. The largest absolute Gasteiger partial charge is 0.494 e. The smallest absolute Gasteiger partial charge is 0.237 e. The molecule has 0 saturated carbocycles. The van der Waals surface area contributed by atoms with E-state index in [4.69, 9.17) is 4.74 Å². The maximum atomic E-state index is 12.8. The van der Waals surface area contributed by atoms with Crippen molar-refractivity contribution in [3.8, 4) is 5.75 Å². The van der Waals surface area contributed by atoms with Gasteiger partial charge in [-0.25, -0.2) is 8.42 Å². The molecule has 2 N–H and O–H groups in total. The number of carbonyl (C=O) groups is 2. The fourth-order valence-electron chi connectivity index (χ4n) is 3.12. The number of ether oxygens (including phenoxy) is 1. The third-order valence-corrected chi connectivity index (χ3v) is 7.95. The minimum Gasteiger partial charge on any atom is -0.494 e. The van der Waals surface area contributed by atoms with Crippen molar-refractivity contribution in [3.63, 3.8) is 0 Å². The average molecular weight is 463 g/mol. The van der Waals surface area contributed by atoms with Crippen LogP contribution in [0.25, 0.3) is 0 Å². The Balaban J connectivity index is 1.61. The van der Waals surface area contributed by atoms with Gasteiger partial charge in [0.05, 0.1) is 28.2 Å². The molecule has 0 bridgehead atoms. The van der Waals surface area contributed by atoms with Crippen LogP contribution in [0.5, 0.6) is 5.75 Å². The van der Waals surface area contributed by atoms with Gasteiger partial charge in [-0.2, -0.15) is 0 Å². The summed E-state index contributed by atoms with van der Waals surface area (Å²) in [5.41, 5.74) is 1.38. The molecule has 0 aliphatic carbocycles. The van der Waals surface area contributed by atoms with E-state index < -0.39 is 15.8 Å². The maximum Gasteiger partial charge on any atom is 0.237 e. The molecule has 166 valence electrons. The molecule has 9 heteroatoms. The SMILES string of the molecule is CCOc1ccc(CNC(=O)[C@@H](C)CS(=O)(=O)c2ccc3c(c2)NC(=O)[C@@H](C)S3)cc1. The number of rotatable bonds is 8. The highest BCUT2D eigenvalue weighted by Crippen LogP contribution is 2.37. The summed E-state index contributed by atoms with van der Waals surface area (Å²) in [5, 5.41) is 5.29. The molecule has 0 saturated heterocycles. The van der Waals surface area contributed by atoms with Gasteiger partial charge < -0.3 is 15.4 Å². The zero-order valence-electron chi connectivity index (χ0n) is 17.7. The lowest BCUT2D eigenvalue weighted by molar-refractivity contribution is -0.124. The van der Waals surface area contributed by atoms with Gasteiger partial charge in [0.1, 0.15) is 5.75 Å². The van der Waals surface area contributed by atoms with Crippen LogP contribution >= 0.6 is 11.8 Å². The van der Waals surface area contributed by atoms with Gasteiger partial charge in [0.15, 0.2) is 9.84 Å². The van der Waals surface area contributed by atoms with Crippen molar-refractivity contribution >= 4 is 39.1 Å². The Hall–Kier alpha value is -2.52. The van der Waals surface area contributed by atoms with Gasteiger partial charge in [-0.05, 0) is 49.7 Å². The first-order valence-electron chi connectivity index (χ1n) is 10.0. The zero-order chi connectivity index (χ0) is 22.6. The van der Waals surface area contributed by atoms with E-state index in [2.05, 4.69) is 10.6 Å². The molecule has 2 aromatic carbocycles. The van der Waals surface area contributed by atoms with Crippen LogP contribution in [-0.4, -0.2) is 37.8 Å².